The standard InChI is InChI=1S/C50H39NOS/c1-2-10-32(11-3-1)33-20-22-36(23-21-33)51(42-16-9-19-46-49(42)39-14-6-7-18-45(39)53-46)43-29-41-48-40(47-34-25-30-24-31(27-34)28-35(47)26-30)15-8-17-44(48)52-50(41)38-13-5-4-12-37(38)43/h1-23,29-31,34-35,47H,24-28H2. The van der Waals surface area contributed by atoms with Crippen molar-refractivity contribution in [1.29, 1.82) is 0 Å². The lowest BCUT2D eigenvalue weighted by Gasteiger charge is -2.54. The summed E-state index contributed by atoms with van der Waals surface area (Å²) in [6.07, 6.45) is 7.10. The van der Waals surface area contributed by atoms with Crippen molar-refractivity contribution in [2.45, 2.75) is 38.0 Å². The Morgan fingerprint density at radius 3 is 1.94 bits per heavy atom. The maximum atomic E-state index is 6.96. The number of rotatable bonds is 5. The second kappa shape index (κ2) is 11.6. The molecular formula is C50H39NOS. The van der Waals surface area contributed by atoms with Crippen LogP contribution in [0.15, 0.2) is 150 Å². The van der Waals surface area contributed by atoms with Crippen molar-refractivity contribution in [2.24, 2.45) is 23.7 Å². The minimum Gasteiger partial charge on any atom is -0.455 e. The molecule has 7 aromatic carbocycles. The second-order valence-electron chi connectivity index (χ2n) is 16.1. The molecule has 2 nitrogen and oxygen atoms in total. The highest BCUT2D eigenvalue weighted by Crippen LogP contribution is 2.61. The number of hydrogen-bond donors (Lipinski definition) is 0. The molecule has 0 unspecified atom stereocenters. The molecular weight excluding hydrogens is 663 g/mol. The Bertz CT molecular complexity index is 2830. The summed E-state index contributed by atoms with van der Waals surface area (Å²) >= 11 is 1.88. The first-order valence-corrected chi connectivity index (χ1v) is 20.3. The first-order chi connectivity index (χ1) is 26.2. The molecule has 0 atom stereocenters. The SMILES string of the molecule is c1ccc(-c2ccc(N(c3cc4c(oc5cccc(C6C7CC8CC(C7)CC6C8)c54)c4ccccc34)c3cccc4sc5ccccc5c34)cc2)cc1. The number of nitrogens with zero attached hydrogens (tertiary/aromatic N) is 1. The van der Waals surface area contributed by atoms with Crippen LogP contribution in [0.1, 0.15) is 43.6 Å². The van der Waals surface area contributed by atoms with Crippen molar-refractivity contribution in [3.63, 3.8) is 0 Å². The van der Waals surface area contributed by atoms with Crippen molar-refractivity contribution < 1.29 is 4.42 Å². The highest BCUT2D eigenvalue weighted by Gasteiger charge is 2.49. The number of furan rings is 1. The van der Waals surface area contributed by atoms with Crippen LogP contribution in [-0.2, 0) is 0 Å². The minimum absolute atomic E-state index is 0.620. The molecule has 2 aromatic heterocycles. The van der Waals surface area contributed by atoms with E-state index < -0.39 is 0 Å². The lowest BCUT2D eigenvalue weighted by Crippen LogP contribution is -2.43. The first-order valence-electron chi connectivity index (χ1n) is 19.5. The largest absolute Gasteiger partial charge is 0.455 e. The number of fused-ring (bicyclic) bond motifs is 8. The van der Waals surface area contributed by atoms with Crippen LogP contribution in [0.25, 0.3) is 64.0 Å². The molecule has 9 aromatic rings. The fourth-order valence-electron chi connectivity index (χ4n) is 11.3. The highest BCUT2D eigenvalue weighted by atomic mass is 32.1. The van der Waals surface area contributed by atoms with Crippen LogP contribution < -0.4 is 4.90 Å². The van der Waals surface area contributed by atoms with Crippen molar-refractivity contribution in [3.05, 3.63) is 151 Å². The van der Waals surface area contributed by atoms with Gasteiger partial charge in [-0.3, -0.25) is 0 Å². The van der Waals surface area contributed by atoms with E-state index >= 15 is 0 Å². The van der Waals surface area contributed by atoms with Gasteiger partial charge in [0, 0.05) is 47.4 Å². The third kappa shape index (κ3) is 4.56. The van der Waals surface area contributed by atoms with Gasteiger partial charge >= 0.3 is 0 Å². The Kier molecular flexibility index (Phi) is 6.57. The molecule has 3 heteroatoms. The first kappa shape index (κ1) is 30.1. The highest BCUT2D eigenvalue weighted by molar-refractivity contribution is 7.26. The topological polar surface area (TPSA) is 16.4 Å². The van der Waals surface area contributed by atoms with Gasteiger partial charge in [0.25, 0.3) is 0 Å². The lowest BCUT2D eigenvalue weighted by atomic mass is 9.50. The molecule has 256 valence electrons. The summed E-state index contributed by atoms with van der Waals surface area (Å²) in [6, 6.07) is 53.9. The molecule has 0 aliphatic heterocycles. The lowest BCUT2D eigenvalue weighted by molar-refractivity contribution is -0.00229. The van der Waals surface area contributed by atoms with E-state index in [0.717, 1.165) is 40.5 Å². The number of benzene rings is 7. The fourth-order valence-corrected chi connectivity index (χ4v) is 12.5. The van der Waals surface area contributed by atoms with Gasteiger partial charge in [0.15, 0.2) is 0 Å². The second-order valence-corrected chi connectivity index (χ2v) is 17.2. The molecule has 0 amide bonds. The van der Waals surface area contributed by atoms with E-state index in [2.05, 4.69) is 150 Å². The van der Waals surface area contributed by atoms with Crippen molar-refractivity contribution >= 4 is 81.3 Å². The minimum atomic E-state index is 0.620. The number of thiophene rings is 1. The van der Waals surface area contributed by atoms with Crippen molar-refractivity contribution in [1.82, 2.24) is 0 Å². The third-order valence-electron chi connectivity index (χ3n) is 13.2. The van der Waals surface area contributed by atoms with Crippen molar-refractivity contribution in [2.75, 3.05) is 4.90 Å². The Morgan fingerprint density at radius 1 is 0.491 bits per heavy atom. The Hall–Kier alpha value is -5.38. The molecule has 0 saturated heterocycles. The van der Waals surface area contributed by atoms with Gasteiger partial charge in [0.1, 0.15) is 11.2 Å². The molecule has 0 radical (unpaired) electrons. The van der Waals surface area contributed by atoms with Gasteiger partial charge in [0.2, 0.25) is 0 Å². The molecule has 4 fully saturated rings. The van der Waals surface area contributed by atoms with Gasteiger partial charge in [-0.1, -0.05) is 103 Å². The summed E-state index contributed by atoms with van der Waals surface area (Å²) in [5.74, 6) is 4.11. The Morgan fingerprint density at radius 2 is 1.15 bits per heavy atom. The molecule has 0 N–H and O–H groups in total. The smallest absolute Gasteiger partial charge is 0.143 e. The summed E-state index contributed by atoms with van der Waals surface area (Å²) in [6.45, 7) is 0. The van der Waals surface area contributed by atoms with Gasteiger partial charge in [-0.15, -0.1) is 11.3 Å². The van der Waals surface area contributed by atoms with Crippen LogP contribution >= 0.6 is 11.3 Å². The average Bonchev–Trinajstić information content (AvgIpc) is 3.78. The fraction of sp³-hybridized carbons (Fsp3) is 0.200. The quantitative estimate of drug-likeness (QED) is 0.178. The molecule has 4 aliphatic carbocycles. The molecule has 4 saturated carbocycles. The van der Waals surface area contributed by atoms with Crippen LogP contribution in [0.2, 0.25) is 0 Å². The van der Waals surface area contributed by atoms with Crippen LogP contribution in [0, 0.1) is 23.7 Å². The van der Waals surface area contributed by atoms with Crippen LogP contribution in [-0.4, -0.2) is 0 Å². The Balaban J connectivity index is 1.14. The van der Waals surface area contributed by atoms with E-state index in [9.17, 15) is 0 Å². The predicted molar refractivity (Wildman–Crippen MR) is 224 cm³/mol. The zero-order valence-corrected chi connectivity index (χ0v) is 30.4. The number of anilines is 3. The average molecular weight is 702 g/mol. The van der Waals surface area contributed by atoms with E-state index in [1.807, 2.05) is 11.3 Å². The number of hydrogen-bond acceptors (Lipinski definition) is 3. The van der Waals surface area contributed by atoms with Crippen molar-refractivity contribution in [3.8, 4) is 11.1 Å². The van der Waals surface area contributed by atoms with Crippen LogP contribution in [0.3, 0.4) is 0 Å². The summed E-state index contributed by atoms with van der Waals surface area (Å²) in [7, 11) is 0. The summed E-state index contributed by atoms with van der Waals surface area (Å²) in [4.78, 5) is 2.53. The van der Waals surface area contributed by atoms with E-state index in [0.29, 0.717) is 5.92 Å². The summed E-state index contributed by atoms with van der Waals surface area (Å²) in [5, 5.41) is 7.55. The molecule has 4 aliphatic rings. The molecule has 13 rings (SSSR count). The van der Waals surface area contributed by atoms with Gasteiger partial charge in [-0.05, 0) is 121 Å². The van der Waals surface area contributed by atoms with Crippen LogP contribution in [0.4, 0.5) is 17.1 Å². The van der Waals surface area contributed by atoms with Crippen LogP contribution in [0.5, 0.6) is 0 Å². The van der Waals surface area contributed by atoms with Gasteiger partial charge < -0.3 is 9.32 Å². The summed E-state index contributed by atoms with van der Waals surface area (Å²) < 4.78 is 9.58. The molecule has 4 bridgehead atoms. The predicted octanol–water partition coefficient (Wildman–Crippen LogP) is 14.8. The maximum Gasteiger partial charge on any atom is 0.143 e. The van der Waals surface area contributed by atoms with E-state index in [1.54, 1.807) is 0 Å². The third-order valence-corrected chi connectivity index (χ3v) is 14.3. The van der Waals surface area contributed by atoms with E-state index in [-0.39, 0.29) is 0 Å². The van der Waals surface area contributed by atoms with Gasteiger partial charge in [-0.2, -0.15) is 0 Å². The van der Waals surface area contributed by atoms with Gasteiger partial charge in [0.05, 0.1) is 11.4 Å². The zero-order valence-electron chi connectivity index (χ0n) is 29.5. The molecule has 53 heavy (non-hydrogen) atoms. The van der Waals surface area contributed by atoms with E-state index in [1.165, 1.54) is 102 Å². The maximum absolute atomic E-state index is 6.96. The van der Waals surface area contributed by atoms with Gasteiger partial charge in [-0.25, -0.2) is 0 Å². The Labute approximate surface area is 313 Å². The monoisotopic (exact) mass is 701 g/mol. The normalized spacial score (nSPS) is 22.2. The molecule has 0 spiro atoms. The zero-order chi connectivity index (χ0) is 34.6. The summed E-state index contributed by atoms with van der Waals surface area (Å²) in [5.41, 5.74) is 9.54. The van der Waals surface area contributed by atoms with E-state index in [4.69, 9.17) is 4.42 Å². The molecule has 2 heterocycles.